The summed E-state index contributed by atoms with van der Waals surface area (Å²) in [7, 11) is 0. The lowest BCUT2D eigenvalue weighted by atomic mass is 9.96. The maximum Gasteiger partial charge on any atom is 0.262 e. The van der Waals surface area contributed by atoms with Crippen LogP contribution in [0.4, 0.5) is 0 Å². The van der Waals surface area contributed by atoms with Crippen LogP contribution < -0.4 is 11.3 Å². The van der Waals surface area contributed by atoms with E-state index in [0.717, 1.165) is 12.8 Å². The summed E-state index contributed by atoms with van der Waals surface area (Å²) in [6.07, 6.45) is 3.07. The zero-order chi connectivity index (χ0) is 20.1. The van der Waals surface area contributed by atoms with Crippen LogP contribution in [0.25, 0.3) is 10.9 Å². The van der Waals surface area contributed by atoms with Crippen molar-refractivity contribution in [2.45, 2.75) is 44.3 Å². The predicted octanol–water partition coefficient (Wildman–Crippen LogP) is 2.01. The molecule has 7 nitrogen and oxygen atoms in total. The molecule has 0 atom stereocenters. The van der Waals surface area contributed by atoms with Crippen LogP contribution in [0.15, 0.2) is 34.2 Å². The quantitative estimate of drug-likeness (QED) is 0.564. The second kappa shape index (κ2) is 9.23. The summed E-state index contributed by atoms with van der Waals surface area (Å²) in [5.74, 6) is -0.213. The maximum absolute atomic E-state index is 12.9. The number of para-hydroxylation sites is 1. The molecule has 0 saturated carbocycles. The molecule has 0 radical (unpaired) electrons. The van der Waals surface area contributed by atoms with Gasteiger partial charge < -0.3 is 10.6 Å². The molecule has 0 aliphatic carbocycles. The van der Waals surface area contributed by atoms with E-state index in [0.29, 0.717) is 48.5 Å². The molecule has 1 aromatic carbocycles. The molecule has 8 heteroatoms. The minimum Gasteiger partial charge on any atom is -0.369 e. The van der Waals surface area contributed by atoms with Crippen molar-refractivity contribution in [3.63, 3.8) is 0 Å². The van der Waals surface area contributed by atoms with Gasteiger partial charge in [-0.15, -0.1) is 0 Å². The molecule has 1 aliphatic rings. The second-order valence-corrected chi connectivity index (χ2v) is 8.01. The summed E-state index contributed by atoms with van der Waals surface area (Å²) >= 11 is 1.30. The first-order chi connectivity index (χ1) is 13.5. The molecular weight excluding hydrogens is 376 g/mol. The highest BCUT2D eigenvalue weighted by atomic mass is 32.2. The van der Waals surface area contributed by atoms with Crippen LogP contribution in [0.1, 0.15) is 32.6 Å². The van der Waals surface area contributed by atoms with E-state index >= 15 is 0 Å². The number of primary amides is 1. The molecule has 0 spiro atoms. The number of likely N-dealkylation sites (tertiary alicyclic amines) is 1. The van der Waals surface area contributed by atoms with Crippen LogP contribution in [-0.2, 0) is 16.1 Å². The van der Waals surface area contributed by atoms with E-state index in [9.17, 15) is 14.4 Å². The molecule has 0 bridgehead atoms. The number of benzene rings is 1. The Bertz CT molecular complexity index is 919. The molecule has 28 heavy (non-hydrogen) atoms. The summed E-state index contributed by atoms with van der Waals surface area (Å²) in [4.78, 5) is 43.1. The molecular formula is C20H26N4O3S. The lowest BCUT2D eigenvalue weighted by Gasteiger charge is -2.30. The number of hydrogen-bond donors (Lipinski definition) is 1. The Hall–Kier alpha value is -2.35. The fraction of sp³-hybridized carbons (Fsp3) is 0.500. The van der Waals surface area contributed by atoms with E-state index in [4.69, 9.17) is 5.73 Å². The second-order valence-electron chi connectivity index (χ2n) is 7.07. The molecule has 2 aromatic rings. The zero-order valence-electron chi connectivity index (χ0n) is 16.1. The fourth-order valence-corrected chi connectivity index (χ4v) is 4.33. The van der Waals surface area contributed by atoms with Gasteiger partial charge in [-0.05, 0) is 31.4 Å². The summed E-state index contributed by atoms with van der Waals surface area (Å²) in [5, 5.41) is 1.18. The van der Waals surface area contributed by atoms with Gasteiger partial charge in [-0.2, -0.15) is 0 Å². The molecule has 1 aliphatic heterocycles. The van der Waals surface area contributed by atoms with Gasteiger partial charge in [0.25, 0.3) is 5.56 Å². The number of hydrogen-bond acceptors (Lipinski definition) is 5. The number of thioether (sulfide) groups is 1. The monoisotopic (exact) mass is 402 g/mol. The third-order valence-electron chi connectivity index (χ3n) is 5.14. The first kappa shape index (κ1) is 20.4. The molecule has 150 valence electrons. The standard InChI is InChI=1S/C20H26N4O3S/c1-2-3-10-24-19(27)15-6-4-5-7-16(15)22-20(24)28-13-17(25)23-11-8-14(9-12-23)18(21)26/h4-7,14H,2-3,8-13H2,1H3,(H2,21,26). The molecule has 1 aromatic heterocycles. The van der Waals surface area contributed by atoms with Crippen molar-refractivity contribution >= 4 is 34.5 Å². The molecule has 2 heterocycles. The van der Waals surface area contributed by atoms with Gasteiger partial charge >= 0.3 is 0 Å². The van der Waals surface area contributed by atoms with Crippen LogP contribution >= 0.6 is 11.8 Å². The van der Waals surface area contributed by atoms with Crippen molar-refractivity contribution in [1.29, 1.82) is 0 Å². The Morgan fingerprint density at radius 2 is 1.96 bits per heavy atom. The van der Waals surface area contributed by atoms with Crippen LogP contribution in [-0.4, -0.2) is 45.1 Å². The number of rotatable bonds is 7. The average molecular weight is 403 g/mol. The highest BCUT2D eigenvalue weighted by molar-refractivity contribution is 7.99. The number of unbranched alkanes of at least 4 members (excludes halogenated alkanes) is 1. The molecule has 1 fully saturated rings. The summed E-state index contributed by atoms with van der Waals surface area (Å²) < 4.78 is 1.68. The van der Waals surface area contributed by atoms with Crippen LogP contribution in [0.2, 0.25) is 0 Å². The lowest BCUT2D eigenvalue weighted by molar-refractivity contribution is -0.132. The number of nitrogens with two attached hydrogens (primary N) is 1. The normalized spacial score (nSPS) is 15.1. The van der Waals surface area contributed by atoms with Gasteiger partial charge in [0.2, 0.25) is 11.8 Å². The van der Waals surface area contributed by atoms with E-state index in [1.54, 1.807) is 15.5 Å². The fourth-order valence-electron chi connectivity index (χ4n) is 3.40. The van der Waals surface area contributed by atoms with Gasteiger partial charge in [-0.1, -0.05) is 37.2 Å². The van der Waals surface area contributed by atoms with E-state index in [2.05, 4.69) is 11.9 Å². The largest absolute Gasteiger partial charge is 0.369 e. The average Bonchev–Trinajstić information content (AvgIpc) is 2.71. The van der Waals surface area contributed by atoms with Crippen LogP contribution in [0.5, 0.6) is 0 Å². The topological polar surface area (TPSA) is 98.3 Å². The Morgan fingerprint density at radius 3 is 2.64 bits per heavy atom. The molecule has 0 unspecified atom stereocenters. The number of piperidine rings is 1. The Kier molecular flexibility index (Phi) is 6.72. The van der Waals surface area contributed by atoms with Crippen molar-refractivity contribution in [2.75, 3.05) is 18.8 Å². The smallest absolute Gasteiger partial charge is 0.262 e. The van der Waals surface area contributed by atoms with Gasteiger partial charge in [0.15, 0.2) is 5.16 Å². The summed E-state index contributed by atoms with van der Waals surface area (Å²) in [6, 6.07) is 7.30. The number of aromatic nitrogens is 2. The van der Waals surface area contributed by atoms with Gasteiger partial charge in [0, 0.05) is 25.6 Å². The third-order valence-corrected chi connectivity index (χ3v) is 6.10. The van der Waals surface area contributed by atoms with Gasteiger partial charge in [-0.25, -0.2) is 4.98 Å². The van der Waals surface area contributed by atoms with E-state index in [1.807, 2.05) is 18.2 Å². The van der Waals surface area contributed by atoms with Crippen LogP contribution in [0.3, 0.4) is 0 Å². The lowest BCUT2D eigenvalue weighted by Crippen LogP contribution is -2.42. The Labute approximate surface area is 168 Å². The predicted molar refractivity (Wildman–Crippen MR) is 110 cm³/mol. The van der Waals surface area contributed by atoms with Gasteiger partial charge in [0.1, 0.15) is 0 Å². The molecule has 1 saturated heterocycles. The van der Waals surface area contributed by atoms with Crippen molar-refractivity contribution in [1.82, 2.24) is 14.5 Å². The van der Waals surface area contributed by atoms with Crippen LogP contribution in [0, 0.1) is 5.92 Å². The highest BCUT2D eigenvalue weighted by Gasteiger charge is 2.26. The van der Waals surface area contributed by atoms with E-state index in [-0.39, 0.29) is 29.0 Å². The number of nitrogens with zero attached hydrogens (tertiary/aromatic N) is 3. The van der Waals surface area contributed by atoms with Crippen molar-refractivity contribution in [3.8, 4) is 0 Å². The van der Waals surface area contributed by atoms with Crippen molar-refractivity contribution < 1.29 is 9.59 Å². The minimum atomic E-state index is -0.290. The minimum absolute atomic E-state index is 0.00244. The molecule has 3 rings (SSSR count). The summed E-state index contributed by atoms with van der Waals surface area (Å²) in [5.41, 5.74) is 5.94. The number of carbonyl (C=O) groups excluding carboxylic acids is 2. The Balaban J connectivity index is 1.73. The molecule has 2 amide bonds. The SMILES string of the molecule is CCCCn1c(SCC(=O)N2CCC(C(N)=O)CC2)nc2ccccc2c1=O. The zero-order valence-corrected chi connectivity index (χ0v) is 16.9. The first-order valence-electron chi connectivity index (χ1n) is 9.70. The number of fused-ring (bicyclic) bond motifs is 1. The third kappa shape index (κ3) is 4.55. The Morgan fingerprint density at radius 1 is 1.25 bits per heavy atom. The van der Waals surface area contributed by atoms with Gasteiger partial charge in [-0.3, -0.25) is 19.0 Å². The maximum atomic E-state index is 12.9. The summed E-state index contributed by atoms with van der Waals surface area (Å²) in [6.45, 7) is 3.75. The van der Waals surface area contributed by atoms with E-state index < -0.39 is 0 Å². The van der Waals surface area contributed by atoms with Crippen molar-refractivity contribution in [2.24, 2.45) is 11.7 Å². The number of carbonyl (C=O) groups is 2. The van der Waals surface area contributed by atoms with Crippen molar-refractivity contribution in [3.05, 3.63) is 34.6 Å². The van der Waals surface area contributed by atoms with Gasteiger partial charge in [0.05, 0.1) is 16.7 Å². The molecule has 2 N–H and O–H groups in total. The van der Waals surface area contributed by atoms with E-state index in [1.165, 1.54) is 11.8 Å². The highest BCUT2D eigenvalue weighted by Crippen LogP contribution is 2.21. The number of amides is 2. The first-order valence-corrected chi connectivity index (χ1v) is 10.7.